The van der Waals surface area contributed by atoms with Crippen molar-refractivity contribution in [3.63, 3.8) is 0 Å². The summed E-state index contributed by atoms with van der Waals surface area (Å²) in [4.78, 5) is 19.9. The lowest BCUT2D eigenvalue weighted by Crippen LogP contribution is -2.45. The van der Waals surface area contributed by atoms with Gasteiger partial charge in [-0.05, 0) is 33.9 Å². The number of hydrogen-bond donors (Lipinski definition) is 2. The van der Waals surface area contributed by atoms with Crippen LogP contribution in [0.25, 0.3) is 0 Å². The third kappa shape index (κ3) is 5.42. The smallest absolute Gasteiger partial charge is 0.191 e. The van der Waals surface area contributed by atoms with Crippen molar-refractivity contribution in [2.75, 3.05) is 44.7 Å². The highest BCUT2D eigenvalue weighted by atomic mass is 32.1. The highest BCUT2D eigenvalue weighted by Crippen LogP contribution is 2.20. The van der Waals surface area contributed by atoms with Gasteiger partial charge in [-0.15, -0.1) is 11.3 Å². The predicted octanol–water partition coefficient (Wildman–Crippen LogP) is 2.16. The number of guanidine groups is 1. The maximum absolute atomic E-state index is 4.81. The van der Waals surface area contributed by atoms with E-state index >= 15 is 0 Å². The van der Waals surface area contributed by atoms with E-state index in [1.165, 1.54) is 4.88 Å². The fraction of sp³-hybridized carbons (Fsp3) is 0.550. The Balaban J connectivity index is 1.68. The van der Waals surface area contributed by atoms with Gasteiger partial charge in [0.2, 0.25) is 0 Å². The molecular formula is C20H31N7S. The van der Waals surface area contributed by atoms with Crippen LogP contribution in [0.3, 0.4) is 0 Å². The lowest BCUT2D eigenvalue weighted by molar-refractivity contribution is 0.312. The first kappa shape index (κ1) is 20.5. The number of hydrogen-bond acceptors (Lipinski definition) is 6. The molecule has 1 aliphatic rings. The Hall–Kier alpha value is -2.19. The molecule has 0 unspecified atom stereocenters. The summed E-state index contributed by atoms with van der Waals surface area (Å²) in [5, 5.41) is 7.87. The van der Waals surface area contributed by atoms with Crippen LogP contribution in [-0.2, 0) is 13.1 Å². The molecule has 0 bridgehead atoms. The van der Waals surface area contributed by atoms with E-state index < -0.39 is 0 Å². The molecule has 2 aromatic rings. The number of piperazine rings is 1. The number of aryl methyl sites for hydroxylation is 2. The Labute approximate surface area is 171 Å². The second-order valence-corrected chi connectivity index (χ2v) is 8.35. The number of thiazole rings is 1. The summed E-state index contributed by atoms with van der Waals surface area (Å²) >= 11 is 1.73. The summed E-state index contributed by atoms with van der Waals surface area (Å²) in [5.41, 5.74) is 2.25. The number of nitrogens with one attached hydrogen (secondary N) is 2. The van der Waals surface area contributed by atoms with Gasteiger partial charge in [0.25, 0.3) is 0 Å². The molecule has 8 heteroatoms. The zero-order chi connectivity index (χ0) is 19.9. The maximum Gasteiger partial charge on any atom is 0.191 e. The highest BCUT2D eigenvalue weighted by molar-refractivity contribution is 7.11. The summed E-state index contributed by atoms with van der Waals surface area (Å²) in [6.07, 6.45) is 1.87. The van der Waals surface area contributed by atoms with Gasteiger partial charge in [-0.1, -0.05) is 6.07 Å². The average Bonchev–Trinajstić information content (AvgIpc) is 3.02. The number of likely N-dealkylation sites (N-methyl/N-ethyl adjacent to an activating group) is 1. The van der Waals surface area contributed by atoms with Gasteiger partial charge in [-0.3, -0.25) is 0 Å². The van der Waals surface area contributed by atoms with Crippen LogP contribution >= 0.6 is 11.3 Å². The van der Waals surface area contributed by atoms with Crippen molar-refractivity contribution in [1.82, 2.24) is 25.5 Å². The van der Waals surface area contributed by atoms with Gasteiger partial charge in [0.1, 0.15) is 5.82 Å². The molecule has 28 heavy (non-hydrogen) atoms. The summed E-state index contributed by atoms with van der Waals surface area (Å²) in [6, 6.07) is 4.12. The van der Waals surface area contributed by atoms with Gasteiger partial charge >= 0.3 is 0 Å². The standard InChI is InChI=1S/C20H31N7S/c1-5-21-20(24-14-18-15(2)25-16(3)28-18)23-13-17-7-6-8-22-19(17)27-11-9-26(4)10-12-27/h6-8H,5,9-14H2,1-4H3,(H2,21,23,24). The van der Waals surface area contributed by atoms with Gasteiger partial charge in [-0.25, -0.2) is 15.0 Å². The van der Waals surface area contributed by atoms with E-state index in [9.17, 15) is 0 Å². The molecule has 3 heterocycles. The molecule has 1 saturated heterocycles. The number of anilines is 1. The van der Waals surface area contributed by atoms with Crippen molar-refractivity contribution in [2.24, 2.45) is 4.99 Å². The molecule has 2 N–H and O–H groups in total. The fourth-order valence-corrected chi connectivity index (χ4v) is 4.14. The Morgan fingerprint density at radius 3 is 2.68 bits per heavy atom. The molecule has 0 atom stereocenters. The minimum Gasteiger partial charge on any atom is -0.357 e. The molecule has 0 spiro atoms. The van der Waals surface area contributed by atoms with Crippen LogP contribution in [0.4, 0.5) is 5.82 Å². The summed E-state index contributed by atoms with van der Waals surface area (Å²) in [6.45, 7) is 12.5. The van der Waals surface area contributed by atoms with E-state index in [2.05, 4.69) is 57.4 Å². The molecule has 7 nitrogen and oxygen atoms in total. The van der Waals surface area contributed by atoms with Crippen LogP contribution in [0.2, 0.25) is 0 Å². The lowest BCUT2D eigenvalue weighted by atomic mass is 10.2. The minimum atomic E-state index is 0.603. The van der Waals surface area contributed by atoms with Crippen LogP contribution in [0.1, 0.15) is 28.1 Å². The Bertz CT molecular complexity index is 794. The molecule has 0 saturated carbocycles. The summed E-state index contributed by atoms with van der Waals surface area (Å²) in [7, 11) is 2.17. The quantitative estimate of drug-likeness (QED) is 0.571. The number of pyridine rings is 1. The zero-order valence-electron chi connectivity index (χ0n) is 17.3. The summed E-state index contributed by atoms with van der Waals surface area (Å²) < 4.78 is 0. The van der Waals surface area contributed by atoms with Gasteiger partial charge in [0.15, 0.2) is 5.96 Å². The van der Waals surface area contributed by atoms with Crippen LogP contribution < -0.4 is 15.5 Å². The number of aromatic nitrogens is 2. The van der Waals surface area contributed by atoms with Gasteiger partial charge in [-0.2, -0.15) is 0 Å². The van der Waals surface area contributed by atoms with Gasteiger partial charge in [0.05, 0.1) is 23.8 Å². The van der Waals surface area contributed by atoms with Crippen molar-refractivity contribution >= 4 is 23.1 Å². The van der Waals surface area contributed by atoms with Crippen molar-refractivity contribution in [2.45, 2.75) is 33.9 Å². The third-order valence-electron chi connectivity index (χ3n) is 4.84. The molecule has 1 fully saturated rings. The highest BCUT2D eigenvalue weighted by Gasteiger charge is 2.17. The number of aliphatic imine (C=N–C) groups is 1. The number of rotatable bonds is 6. The van der Waals surface area contributed by atoms with Crippen LogP contribution in [-0.4, -0.2) is 60.6 Å². The second-order valence-electron chi connectivity index (χ2n) is 7.07. The van der Waals surface area contributed by atoms with Crippen molar-refractivity contribution in [3.05, 3.63) is 39.5 Å². The second kappa shape index (κ2) is 9.84. The average molecular weight is 402 g/mol. The van der Waals surface area contributed by atoms with E-state index in [0.29, 0.717) is 6.54 Å². The topological polar surface area (TPSA) is 68.7 Å². The molecule has 152 valence electrons. The van der Waals surface area contributed by atoms with E-state index in [0.717, 1.165) is 67.3 Å². The van der Waals surface area contributed by atoms with Crippen LogP contribution in [0.15, 0.2) is 23.3 Å². The van der Waals surface area contributed by atoms with Crippen molar-refractivity contribution in [1.29, 1.82) is 0 Å². The Kier molecular flexibility index (Phi) is 7.22. The molecular weight excluding hydrogens is 370 g/mol. The van der Waals surface area contributed by atoms with E-state index in [-0.39, 0.29) is 0 Å². The van der Waals surface area contributed by atoms with Gasteiger partial charge < -0.3 is 20.4 Å². The molecule has 0 amide bonds. The first-order valence-corrected chi connectivity index (χ1v) is 10.7. The van der Waals surface area contributed by atoms with Crippen LogP contribution in [0, 0.1) is 13.8 Å². The van der Waals surface area contributed by atoms with E-state index in [1.807, 2.05) is 19.2 Å². The monoisotopic (exact) mass is 401 g/mol. The molecule has 0 aromatic carbocycles. The zero-order valence-corrected chi connectivity index (χ0v) is 18.1. The maximum atomic E-state index is 4.81. The van der Waals surface area contributed by atoms with Gasteiger partial charge in [0, 0.05) is 49.4 Å². The third-order valence-corrected chi connectivity index (χ3v) is 5.91. The number of nitrogens with zero attached hydrogens (tertiary/aromatic N) is 5. The molecule has 0 aliphatic carbocycles. The first-order chi connectivity index (χ1) is 13.6. The Morgan fingerprint density at radius 2 is 2.00 bits per heavy atom. The molecule has 2 aromatic heterocycles. The lowest BCUT2D eigenvalue weighted by Gasteiger charge is -2.34. The first-order valence-electron chi connectivity index (χ1n) is 9.89. The molecule has 1 aliphatic heterocycles. The predicted molar refractivity (Wildman–Crippen MR) is 117 cm³/mol. The molecule has 3 rings (SSSR count). The fourth-order valence-electron chi connectivity index (χ4n) is 3.26. The molecule has 0 radical (unpaired) electrons. The SMILES string of the molecule is CCNC(=NCc1cccnc1N1CCN(C)CC1)NCc1sc(C)nc1C. The van der Waals surface area contributed by atoms with Crippen LogP contribution in [0.5, 0.6) is 0 Å². The van der Waals surface area contributed by atoms with Crippen molar-refractivity contribution < 1.29 is 0 Å². The Morgan fingerprint density at radius 1 is 1.21 bits per heavy atom. The van der Waals surface area contributed by atoms with E-state index in [4.69, 9.17) is 4.99 Å². The largest absolute Gasteiger partial charge is 0.357 e. The summed E-state index contributed by atoms with van der Waals surface area (Å²) in [5.74, 6) is 1.88. The normalized spacial score (nSPS) is 15.7. The minimum absolute atomic E-state index is 0.603. The van der Waals surface area contributed by atoms with E-state index in [1.54, 1.807) is 11.3 Å². The van der Waals surface area contributed by atoms with Crippen molar-refractivity contribution in [3.8, 4) is 0 Å².